The van der Waals surface area contributed by atoms with E-state index in [9.17, 15) is 4.39 Å². The Kier molecular flexibility index (Phi) is 7.60. The molecule has 0 saturated heterocycles. The average molecular weight is 338 g/mol. The van der Waals surface area contributed by atoms with Gasteiger partial charge in [0.2, 0.25) is 5.88 Å². The van der Waals surface area contributed by atoms with E-state index in [1.807, 2.05) is 0 Å². The highest BCUT2D eigenvalue weighted by Crippen LogP contribution is 2.28. The molecule has 1 aromatic heterocycles. The fourth-order valence-electron chi connectivity index (χ4n) is 2.66. The van der Waals surface area contributed by atoms with E-state index >= 15 is 0 Å². The largest absolute Gasteiger partial charge is 0.477 e. The zero-order valence-corrected chi connectivity index (χ0v) is 14.5. The predicted molar refractivity (Wildman–Crippen MR) is 94.8 cm³/mol. The molecular formula is C19H25ClFNO. The van der Waals surface area contributed by atoms with Gasteiger partial charge in [0.15, 0.2) is 0 Å². The number of benzene rings is 1. The summed E-state index contributed by atoms with van der Waals surface area (Å²) in [6, 6.07) is 4.77. The molecule has 0 atom stereocenters. The van der Waals surface area contributed by atoms with Crippen molar-refractivity contribution in [1.82, 2.24) is 4.98 Å². The van der Waals surface area contributed by atoms with Crippen molar-refractivity contribution in [2.45, 2.75) is 58.3 Å². The Morgan fingerprint density at radius 3 is 2.48 bits per heavy atom. The predicted octanol–water partition coefficient (Wildman–Crippen LogP) is 6.55. The molecule has 0 N–H and O–H groups in total. The second-order valence-electron chi connectivity index (χ2n) is 5.93. The number of nitrogens with zero attached hydrogens (tertiary/aromatic N) is 1. The molecule has 0 fully saturated rings. The van der Waals surface area contributed by atoms with Crippen molar-refractivity contribution >= 4 is 22.4 Å². The number of hydrogen-bond donors (Lipinski definition) is 0. The minimum Gasteiger partial charge on any atom is -0.477 e. The summed E-state index contributed by atoms with van der Waals surface area (Å²) in [7, 11) is 0. The highest BCUT2D eigenvalue weighted by molar-refractivity contribution is 6.31. The Morgan fingerprint density at radius 2 is 1.74 bits per heavy atom. The van der Waals surface area contributed by atoms with E-state index in [1.54, 1.807) is 18.3 Å². The summed E-state index contributed by atoms with van der Waals surface area (Å²) in [5.41, 5.74) is 0. The Morgan fingerprint density at radius 1 is 1.04 bits per heavy atom. The molecule has 0 bridgehead atoms. The lowest BCUT2D eigenvalue weighted by Crippen LogP contribution is -2.00. The van der Waals surface area contributed by atoms with Gasteiger partial charge >= 0.3 is 0 Å². The van der Waals surface area contributed by atoms with E-state index in [0.717, 1.165) is 17.2 Å². The van der Waals surface area contributed by atoms with Crippen LogP contribution in [0.25, 0.3) is 10.8 Å². The van der Waals surface area contributed by atoms with Crippen LogP contribution in [0.2, 0.25) is 5.02 Å². The summed E-state index contributed by atoms with van der Waals surface area (Å²) in [5, 5.41) is 1.62. The molecule has 2 nitrogen and oxygen atoms in total. The molecule has 0 radical (unpaired) electrons. The molecule has 4 heteroatoms. The number of pyridine rings is 1. The van der Waals surface area contributed by atoms with Crippen LogP contribution in [-0.4, -0.2) is 11.6 Å². The number of aromatic nitrogens is 1. The van der Waals surface area contributed by atoms with E-state index in [4.69, 9.17) is 16.3 Å². The van der Waals surface area contributed by atoms with Gasteiger partial charge in [0.1, 0.15) is 5.82 Å². The molecule has 1 heterocycles. The molecule has 1 aromatic carbocycles. The SMILES string of the molecule is CCCCCCCCCCOc1nccc2cc(F)c(Cl)cc12. The molecule has 2 rings (SSSR count). The number of ether oxygens (including phenoxy) is 1. The van der Waals surface area contributed by atoms with Crippen LogP contribution < -0.4 is 4.74 Å². The van der Waals surface area contributed by atoms with Gasteiger partial charge < -0.3 is 4.74 Å². The van der Waals surface area contributed by atoms with Crippen LogP contribution in [0, 0.1) is 5.82 Å². The Bertz CT molecular complexity index is 618. The third-order valence-electron chi connectivity index (χ3n) is 4.01. The van der Waals surface area contributed by atoms with E-state index in [-0.39, 0.29) is 5.02 Å². The third kappa shape index (κ3) is 5.65. The van der Waals surface area contributed by atoms with Gasteiger partial charge in [-0.2, -0.15) is 0 Å². The first-order valence-electron chi connectivity index (χ1n) is 8.59. The second kappa shape index (κ2) is 9.71. The number of fused-ring (bicyclic) bond motifs is 1. The van der Waals surface area contributed by atoms with Crippen LogP contribution in [0.15, 0.2) is 24.4 Å². The summed E-state index contributed by atoms with van der Waals surface area (Å²) in [6.07, 6.45) is 11.7. The first-order valence-corrected chi connectivity index (χ1v) is 8.96. The van der Waals surface area contributed by atoms with Gasteiger partial charge in [-0.3, -0.25) is 0 Å². The minimum atomic E-state index is -0.417. The molecular weight excluding hydrogens is 313 g/mol. The molecule has 23 heavy (non-hydrogen) atoms. The van der Waals surface area contributed by atoms with Gasteiger partial charge in [0, 0.05) is 11.6 Å². The van der Waals surface area contributed by atoms with Crippen molar-refractivity contribution in [2.24, 2.45) is 0 Å². The number of hydrogen-bond acceptors (Lipinski definition) is 2. The van der Waals surface area contributed by atoms with Gasteiger partial charge in [-0.25, -0.2) is 9.37 Å². The molecule has 126 valence electrons. The molecule has 0 aliphatic rings. The monoisotopic (exact) mass is 337 g/mol. The number of rotatable bonds is 10. The van der Waals surface area contributed by atoms with E-state index < -0.39 is 5.82 Å². The normalized spacial score (nSPS) is 11.1. The van der Waals surface area contributed by atoms with Crippen LogP contribution in [-0.2, 0) is 0 Å². The summed E-state index contributed by atoms with van der Waals surface area (Å²) in [5.74, 6) is 0.117. The number of unbranched alkanes of at least 4 members (excludes halogenated alkanes) is 7. The van der Waals surface area contributed by atoms with Crippen LogP contribution in [0.4, 0.5) is 4.39 Å². The maximum Gasteiger partial charge on any atom is 0.221 e. The van der Waals surface area contributed by atoms with Crippen molar-refractivity contribution in [2.75, 3.05) is 6.61 Å². The van der Waals surface area contributed by atoms with Gasteiger partial charge in [0.25, 0.3) is 0 Å². The smallest absolute Gasteiger partial charge is 0.221 e. The van der Waals surface area contributed by atoms with E-state index in [1.165, 1.54) is 51.0 Å². The second-order valence-corrected chi connectivity index (χ2v) is 6.33. The van der Waals surface area contributed by atoms with E-state index in [0.29, 0.717) is 12.5 Å². The topological polar surface area (TPSA) is 22.1 Å². The fraction of sp³-hybridized carbons (Fsp3) is 0.526. The average Bonchev–Trinajstić information content (AvgIpc) is 2.55. The van der Waals surface area contributed by atoms with Gasteiger partial charge in [0.05, 0.1) is 11.6 Å². The summed E-state index contributed by atoms with van der Waals surface area (Å²) in [4.78, 5) is 4.24. The Hall–Kier alpha value is -1.35. The van der Waals surface area contributed by atoms with Crippen LogP contribution in [0.1, 0.15) is 58.3 Å². The van der Waals surface area contributed by atoms with Crippen molar-refractivity contribution in [1.29, 1.82) is 0 Å². The fourth-order valence-corrected chi connectivity index (χ4v) is 2.82. The lowest BCUT2D eigenvalue weighted by atomic mass is 10.1. The standard InChI is InChI=1S/C19H25ClFNO/c1-2-3-4-5-6-7-8-9-12-23-19-16-14-17(20)18(21)13-15(16)10-11-22-19/h10-11,13-14H,2-9,12H2,1H3. The molecule has 0 unspecified atom stereocenters. The minimum absolute atomic E-state index is 0.0995. The maximum atomic E-state index is 13.5. The lowest BCUT2D eigenvalue weighted by Gasteiger charge is -2.09. The zero-order chi connectivity index (χ0) is 16.5. The first-order chi connectivity index (χ1) is 11.2. The highest BCUT2D eigenvalue weighted by atomic mass is 35.5. The van der Waals surface area contributed by atoms with E-state index in [2.05, 4.69) is 11.9 Å². The summed E-state index contributed by atoms with van der Waals surface area (Å²) < 4.78 is 19.3. The molecule has 0 amide bonds. The van der Waals surface area contributed by atoms with Gasteiger partial charge in [-0.1, -0.05) is 63.5 Å². The Balaban J connectivity index is 1.76. The number of halogens is 2. The van der Waals surface area contributed by atoms with Crippen molar-refractivity contribution in [3.63, 3.8) is 0 Å². The summed E-state index contributed by atoms with van der Waals surface area (Å²) in [6.45, 7) is 2.87. The summed E-state index contributed by atoms with van der Waals surface area (Å²) >= 11 is 5.86. The molecule has 2 aromatic rings. The quantitative estimate of drug-likeness (QED) is 0.459. The van der Waals surface area contributed by atoms with Crippen molar-refractivity contribution < 1.29 is 9.13 Å². The molecule has 0 aliphatic heterocycles. The lowest BCUT2D eigenvalue weighted by molar-refractivity contribution is 0.297. The van der Waals surface area contributed by atoms with Crippen molar-refractivity contribution in [3.05, 3.63) is 35.2 Å². The molecule has 0 aliphatic carbocycles. The highest BCUT2D eigenvalue weighted by Gasteiger charge is 2.08. The third-order valence-corrected chi connectivity index (χ3v) is 4.30. The van der Waals surface area contributed by atoms with Gasteiger partial charge in [-0.15, -0.1) is 0 Å². The van der Waals surface area contributed by atoms with Crippen LogP contribution in [0.5, 0.6) is 5.88 Å². The van der Waals surface area contributed by atoms with Crippen molar-refractivity contribution in [3.8, 4) is 5.88 Å². The van der Waals surface area contributed by atoms with Gasteiger partial charge in [-0.05, 0) is 30.0 Å². The molecule has 0 spiro atoms. The van der Waals surface area contributed by atoms with Crippen LogP contribution >= 0.6 is 11.6 Å². The zero-order valence-electron chi connectivity index (χ0n) is 13.8. The molecule has 0 saturated carbocycles. The first kappa shape index (κ1) is 18.0. The Labute approximate surface area is 143 Å². The van der Waals surface area contributed by atoms with Crippen LogP contribution in [0.3, 0.4) is 0 Å². The maximum absolute atomic E-state index is 13.5.